The van der Waals surface area contributed by atoms with E-state index >= 15 is 0 Å². The lowest BCUT2D eigenvalue weighted by atomic mass is 10.1. The van der Waals surface area contributed by atoms with Crippen molar-refractivity contribution in [3.8, 4) is 0 Å². The molecule has 1 fully saturated rings. The first-order chi connectivity index (χ1) is 9.33. The Hall–Kier alpha value is -1.89. The molecular formula is C12H14N4O2S. The van der Waals surface area contributed by atoms with E-state index in [-0.39, 0.29) is 11.9 Å². The van der Waals surface area contributed by atoms with E-state index in [0.29, 0.717) is 5.76 Å². The number of carbonyl (C=O) groups excluding carboxylic acids is 1. The van der Waals surface area contributed by atoms with Gasteiger partial charge in [-0.3, -0.25) is 4.79 Å². The largest absolute Gasteiger partial charge is 0.459 e. The van der Waals surface area contributed by atoms with Crippen LogP contribution >= 0.6 is 11.7 Å². The molecule has 0 radical (unpaired) electrons. The summed E-state index contributed by atoms with van der Waals surface area (Å²) < 4.78 is 13.3. The minimum absolute atomic E-state index is 0.140. The number of rotatable bonds is 3. The number of nitrogens with one attached hydrogen (secondary N) is 1. The number of amides is 1. The molecule has 0 saturated carbocycles. The quantitative estimate of drug-likeness (QED) is 0.922. The molecule has 3 heterocycles. The van der Waals surface area contributed by atoms with Crippen LogP contribution in [-0.4, -0.2) is 33.8 Å². The number of nitrogens with zero attached hydrogens (tertiary/aromatic N) is 3. The number of piperidine rings is 1. The molecule has 19 heavy (non-hydrogen) atoms. The molecule has 6 nitrogen and oxygen atoms in total. The Kier molecular flexibility index (Phi) is 3.45. The summed E-state index contributed by atoms with van der Waals surface area (Å²) in [5.41, 5.74) is 0. The summed E-state index contributed by atoms with van der Waals surface area (Å²) in [6.45, 7) is 1.77. The van der Waals surface area contributed by atoms with Crippen molar-refractivity contribution in [3.05, 3.63) is 30.4 Å². The average molecular weight is 278 g/mol. The highest BCUT2D eigenvalue weighted by atomic mass is 32.1. The summed E-state index contributed by atoms with van der Waals surface area (Å²) in [6.07, 6.45) is 5.10. The number of hydrogen-bond donors (Lipinski definition) is 1. The van der Waals surface area contributed by atoms with Crippen molar-refractivity contribution in [2.75, 3.05) is 18.0 Å². The van der Waals surface area contributed by atoms with Crippen LogP contribution in [0, 0.1) is 0 Å². The van der Waals surface area contributed by atoms with Gasteiger partial charge in [0.15, 0.2) is 11.6 Å². The number of carbonyl (C=O) groups is 1. The van der Waals surface area contributed by atoms with Crippen LogP contribution in [0.2, 0.25) is 0 Å². The molecule has 1 saturated heterocycles. The van der Waals surface area contributed by atoms with Gasteiger partial charge < -0.3 is 14.6 Å². The van der Waals surface area contributed by atoms with E-state index in [1.54, 1.807) is 18.3 Å². The fourth-order valence-electron chi connectivity index (χ4n) is 2.22. The van der Waals surface area contributed by atoms with Gasteiger partial charge >= 0.3 is 0 Å². The molecule has 2 aromatic rings. The standard InChI is InChI=1S/C12H14N4O2S/c17-12(10-2-1-7-18-10)14-9-3-5-16(6-4-9)11-8-13-19-15-11/h1-2,7-9H,3-6H2,(H,14,17). The summed E-state index contributed by atoms with van der Waals surface area (Å²) >= 11 is 1.22. The Morgan fingerprint density at radius 3 is 2.95 bits per heavy atom. The van der Waals surface area contributed by atoms with Gasteiger partial charge in [-0.2, -0.15) is 8.75 Å². The third-order valence-corrected chi connectivity index (χ3v) is 3.72. The molecular weight excluding hydrogens is 264 g/mol. The number of anilines is 1. The van der Waals surface area contributed by atoms with Crippen molar-refractivity contribution in [2.24, 2.45) is 0 Å². The van der Waals surface area contributed by atoms with E-state index in [9.17, 15) is 4.79 Å². The molecule has 0 atom stereocenters. The van der Waals surface area contributed by atoms with E-state index < -0.39 is 0 Å². The van der Waals surface area contributed by atoms with Crippen molar-refractivity contribution < 1.29 is 9.21 Å². The average Bonchev–Trinajstić information content (AvgIpc) is 3.13. The first-order valence-electron chi connectivity index (χ1n) is 6.20. The van der Waals surface area contributed by atoms with Crippen LogP contribution in [0.25, 0.3) is 0 Å². The predicted molar refractivity (Wildman–Crippen MR) is 71.3 cm³/mol. The van der Waals surface area contributed by atoms with Crippen molar-refractivity contribution in [2.45, 2.75) is 18.9 Å². The second kappa shape index (κ2) is 5.40. The molecule has 100 valence electrons. The van der Waals surface area contributed by atoms with Gasteiger partial charge in [0.2, 0.25) is 0 Å². The molecule has 0 spiro atoms. The molecule has 7 heteroatoms. The fourth-order valence-corrected chi connectivity index (χ4v) is 2.65. The van der Waals surface area contributed by atoms with Crippen molar-refractivity contribution in [3.63, 3.8) is 0 Å². The first kappa shape index (κ1) is 12.2. The maximum Gasteiger partial charge on any atom is 0.287 e. The van der Waals surface area contributed by atoms with Crippen molar-refractivity contribution in [1.82, 2.24) is 14.1 Å². The second-order valence-electron chi connectivity index (χ2n) is 4.48. The molecule has 0 aromatic carbocycles. The SMILES string of the molecule is O=C(NC1CCN(c2cnsn2)CC1)c1ccco1. The zero-order valence-electron chi connectivity index (χ0n) is 10.3. The molecule has 1 N–H and O–H groups in total. The summed E-state index contributed by atoms with van der Waals surface area (Å²) in [5, 5.41) is 2.99. The summed E-state index contributed by atoms with van der Waals surface area (Å²) in [7, 11) is 0. The number of aromatic nitrogens is 2. The topological polar surface area (TPSA) is 71.3 Å². The van der Waals surface area contributed by atoms with Crippen LogP contribution in [0.5, 0.6) is 0 Å². The Morgan fingerprint density at radius 2 is 2.32 bits per heavy atom. The smallest absolute Gasteiger partial charge is 0.287 e. The lowest BCUT2D eigenvalue weighted by molar-refractivity contribution is 0.0903. The molecule has 3 rings (SSSR count). The van der Waals surface area contributed by atoms with Gasteiger partial charge in [-0.25, -0.2) is 0 Å². The first-order valence-corrected chi connectivity index (χ1v) is 6.93. The minimum atomic E-state index is -0.140. The van der Waals surface area contributed by atoms with Crippen LogP contribution in [0.1, 0.15) is 23.4 Å². The number of furan rings is 1. The monoisotopic (exact) mass is 278 g/mol. The van der Waals surface area contributed by atoms with Crippen LogP contribution in [0.15, 0.2) is 29.0 Å². The Morgan fingerprint density at radius 1 is 1.47 bits per heavy atom. The van der Waals surface area contributed by atoms with E-state index in [0.717, 1.165) is 31.7 Å². The highest BCUT2D eigenvalue weighted by Gasteiger charge is 2.23. The zero-order chi connectivity index (χ0) is 13.1. The van der Waals surface area contributed by atoms with Gasteiger partial charge in [0.05, 0.1) is 24.2 Å². The van der Waals surface area contributed by atoms with Crippen LogP contribution in [-0.2, 0) is 0 Å². The molecule has 2 aromatic heterocycles. The minimum Gasteiger partial charge on any atom is -0.459 e. The van der Waals surface area contributed by atoms with Crippen LogP contribution in [0.3, 0.4) is 0 Å². The van der Waals surface area contributed by atoms with Crippen LogP contribution in [0.4, 0.5) is 5.82 Å². The summed E-state index contributed by atoms with van der Waals surface area (Å²) in [4.78, 5) is 14.0. The van der Waals surface area contributed by atoms with E-state index in [1.807, 2.05) is 0 Å². The third-order valence-electron chi connectivity index (χ3n) is 3.25. The van der Waals surface area contributed by atoms with Gasteiger partial charge in [-0.1, -0.05) is 0 Å². The highest BCUT2D eigenvalue weighted by Crippen LogP contribution is 2.18. The predicted octanol–water partition coefficient (Wildman–Crippen LogP) is 1.53. The lowest BCUT2D eigenvalue weighted by Crippen LogP contribution is -2.44. The van der Waals surface area contributed by atoms with Gasteiger partial charge in [-0.15, -0.1) is 0 Å². The van der Waals surface area contributed by atoms with Gasteiger partial charge in [0.25, 0.3) is 5.91 Å². The van der Waals surface area contributed by atoms with Crippen LogP contribution < -0.4 is 10.2 Å². The molecule has 0 unspecified atom stereocenters. The van der Waals surface area contributed by atoms with Gasteiger partial charge in [0.1, 0.15) is 0 Å². The second-order valence-corrected chi connectivity index (χ2v) is 5.03. The van der Waals surface area contributed by atoms with E-state index in [1.165, 1.54) is 18.0 Å². The third kappa shape index (κ3) is 2.76. The Bertz CT molecular complexity index is 518. The molecule has 1 aliphatic heterocycles. The Labute approximate surface area is 114 Å². The normalized spacial score (nSPS) is 16.5. The number of hydrogen-bond acceptors (Lipinski definition) is 6. The molecule has 0 bridgehead atoms. The molecule has 1 amide bonds. The molecule has 0 aliphatic carbocycles. The van der Waals surface area contributed by atoms with Gasteiger partial charge in [-0.05, 0) is 25.0 Å². The van der Waals surface area contributed by atoms with Crippen molar-refractivity contribution in [1.29, 1.82) is 0 Å². The van der Waals surface area contributed by atoms with E-state index in [2.05, 4.69) is 19.0 Å². The fraction of sp³-hybridized carbons (Fsp3) is 0.417. The van der Waals surface area contributed by atoms with Crippen molar-refractivity contribution >= 4 is 23.5 Å². The van der Waals surface area contributed by atoms with E-state index in [4.69, 9.17) is 4.42 Å². The maximum atomic E-state index is 11.8. The van der Waals surface area contributed by atoms with Gasteiger partial charge in [0, 0.05) is 19.1 Å². The molecule has 1 aliphatic rings. The maximum absolute atomic E-state index is 11.8. The Balaban J connectivity index is 1.52. The summed E-state index contributed by atoms with van der Waals surface area (Å²) in [6, 6.07) is 3.58. The zero-order valence-corrected chi connectivity index (χ0v) is 11.1. The highest BCUT2D eigenvalue weighted by molar-refractivity contribution is 6.99. The lowest BCUT2D eigenvalue weighted by Gasteiger charge is -2.31. The summed E-state index contributed by atoms with van der Waals surface area (Å²) in [5.74, 6) is 1.16.